The van der Waals surface area contributed by atoms with E-state index in [0.29, 0.717) is 24.3 Å². The molecule has 7 nitrogen and oxygen atoms in total. The molecule has 0 saturated heterocycles. The van der Waals surface area contributed by atoms with Gasteiger partial charge < -0.3 is 15.1 Å². The lowest BCUT2D eigenvalue weighted by Crippen LogP contribution is -2.32. The molecule has 0 saturated carbocycles. The minimum absolute atomic E-state index is 0.0895. The van der Waals surface area contributed by atoms with E-state index in [-0.39, 0.29) is 11.6 Å². The molecule has 0 bridgehead atoms. The van der Waals surface area contributed by atoms with Crippen molar-refractivity contribution in [3.05, 3.63) is 33.9 Å². The highest BCUT2D eigenvalue weighted by atomic mass is 16.6. The van der Waals surface area contributed by atoms with E-state index in [1.807, 2.05) is 19.0 Å². The molecule has 0 aliphatic rings. The molecule has 1 aromatic rings. The first-order valence-electron chi connectivity index (χ1n) is 6.21. The van der Waals surface area contributed by atoms with Crippen LogP contribution in [-0.2, 0) is 0 Å². The van der Waals surface area contributed by atoms with E-state index >= 15 is 0 Å². The van der Waals surface area contributed by atoms with Crippen LogP contribution in [0, 0.1) is 10.1 Å². The largest absolute Gasteiger partial charge is 0.377 e. The van der Waals surface area contributed by atoms with E-state index in [1.54, 1.807) is 25.1 Å². The van der Waals surface area contributed by atoms with E-state index < -0.39 is 4.92 Å². The molecule has 0 radical (unpaired) electrons. The maximum absolute atomic E-state index is 12.1. The number of nitro groups is 1. The van der Waals surface area contributed by atoms with Crippen LogP contribution in [0.5, 0.6) is 0 Å². The summed E-state index contributed by atoms with van der Waals surface area (Å²) in [5.41, 5.74) is 0.870. The highest BCUT2D eigenvalue weighted by molar-refractivity contribution is 6.00. The topological polar surface area (TPSA) is 78.7 Å². The second-order valence-corrected chi connectivity index (χ2v) is 4.91. The maximum Gasteiger partial charge on any atom is 0.270 e. The van der Waals surface area contributed by atoms with Crippen molar-refractivity contribution < 1.29 is 9.72 Å². The van der Waals surface area contributed by atoms with Crippen molar-refractivity contribution in [3.63, 3.8) is 0 Å². The SMILES string of the molecule is CN(C)CCNC(=O)c1cc([N+](=O)[O-])ccc1N(C)C. The number of hydrogen-bond acceptors (Lipinski definition) is 5. The van der Waals surface area contributed by atoms with Gasteiger partial charge in [0.25, 0.3) is 11.6 Å². The summed E-state index contributed by atoms with van der Waals surface area (Å²) in [4.78, 5) is 26.2. The molecule has 0 heterocycles. The summed E-state index contributed by atoms with van der Waals surface area (Å²) in [6.45, 7) is 1.19. The van der Waals surface area contributed by atoms with E-state index in [2.05, 4.69) is 5.32 Å². The zero-order valence-corrected chi connectivity index (χ0v) is 12.2. The first kappa shape index (κ1) is 15.9. The maximum atomic E-state index is 12.1. The molecule has 7 heteroatoms. The van der Waals surface area contributed by atoms with Crippen molar-refractivity contribution in [1.29, 1.82) is 0 Å². The zero-order chi connectivity index (χ0) is 15.3. The number of carbonyl (C=O) groups is 1. The van der Waals surface area contributed by atoms with Gasteiger partial charge >= 0.3 is 0 Å². The van der Waals surface area contributed by atoms with Gasteiger partial charge in [-0.2, -0.15) is 0 Å². The molecule has 0 aromatic heterocycles. The van der Waals surface area contributed by atoms with Crippen molar-refractivity contribution >= 4 is 17.3 Å². The van der Waals surface area contributed by atoms with E-state index in [0.717, 1.165) is 0 Å². The fourth-order valence-electron chi connectivity index (χ4n) is 1.70. The number of carbonyl (C=O) groups excluding carboxylic acids is 1. The van der Waals surface area contributed by atoms with Gasteiger partial charge in [0, 0.05) is 45.0 Å². The standard InChI is InChI=1S/C13H20N4O3/c1-15(2)8-7-14-13(18)11-9-10(17(19)20)5-6-12(11)16(3)4/h5-6,9H,7-8H2,1-4H3,(H,14,18). The molecule has 1 amide bonds. The molecule has 0 spiro atoms. The second kappa shape index (κ2) is 6.85. The number of benzene rings is 1. The van der Waals surface area contributed by atoms with Gasteiger partial charge in [-0.05, 0) is 20.2 Å². The van der Waals surface area contributed by atoms with Crippen LogP contribution in [0.1, 0.15) is 10.4 Å². The molecule has 0 aliphatic heterocycles. The first-order chi connectivity index (χ1) is 9.32. The molecule has 1 rings (SSSR count). The highest BCUT2D eigenvalue weighted by Crippen LogP contribution is 2.24. The Kier molecular flexibility index (Phi) is 5.45. The molecular formula is C13H20N4O3. The quantitative estimate of drug-likeness (QED) is 0.620. The molecule has 110 valence electrons. The van der Waals surface area contributed by atoms with Gasteiger partial charge in [-0.25, -0.2) is 0 Å². The summed E-state index contributed by atoms with van der Waals surface area (Å²) >= 11 is 0. The molecule has 0 atom stereocenters. The van der Waals surface area contributed by atoms with Crippen LogP contribution in [0.3, 0.4) is 0 Å². The number of hydrogen-bond donors (Lipinski definition) is 1. The number of non-ortho nitro benzene ring substituents is 1. The molecule has 1 N–H and O–H groups in total. The van der Waals surface area contributed by atoms with Crippen LogP contribution < -0.4 is 10.2 Å². The lowest BCUT2D eigenvalue weighted by molar-refractivity contribution is -0.384. The number of anilines is 1. The monoisotopic (exact) mass is 280 g/mol. The Hall–Kier alpha value is -2.15. The van der Waals surface area contributed by atoms with Gasteiger partial charge in [0.05, 0.1) is 10.5 Å². The Morgan fingerprint density at radius 3 is 2.45 bits per heavy atom. The number of rotatable bonds is 6. The fourth-order valence-corrected chi connectivity index (χ4v) is 1.70. The van der Waals surface area contributed by atoms with Crippen LogP contribution in [0.4, 0.5) is 11.4 Å². The summed E-state index contributed by atoms with van der Waals surface area (Å²) in [6.07, 6.45) is 0. The molecular weight excluding hydrogens is 260 g/mol. The van der Waals surface area contributed by atoms with Gasteiger partial charge in [0.15, 0.2) is 0 Å². The summed E-state index contributed by atoms with van der Waals surface area (Å²) < 4.78 is 0. The van der Waals surface area contributed by atoms with Crippen LogP contribution in [0.2, 0.25) is 0 Å². The Bertz CT molecular complexity index is 500. The third kappa shape index (κ3) is 4.20. The van der Waals surface area contributed by atoms with Crippen molar-refractivity contribution in [2.45, 2.75) is 0 Å². The van der Waals surface area contributed by atoms with Crippen molar-refractivity contribution in [2.24, 2.45) is 0 Å². The van der Waals surface area contributed by atoms with Gasteiger partial charge in [0.1, 0.15) is 0 Å². The third-order valence-corrected chi connectivity index (χ3v) is 2.76. The number of nitro benzene ring substituents is 1. The van der Waals surface area contributed by atoms with Crippen LogP contribution in [0.15, 0.2) is 18.2 Å². The van der Waals surface area contributed by atoms with E-state index in [9.17, 15) is 14.9 Å². The van der Waals surface area contributed by atoms with Crippen molar-refractivity contribution in [1.82, 2.24) is 10.2 Å². The lowest BCUT2D eigenvalue weighted by atomic mass is 10.1. The average Bonchev–Trinajstić information content (AvgIpc) is 2.37. The minimum Gasteiger partial charge on any atom is -0.377 e. The molecule has 0 fully saturated rings. The summed E-state index contributed by atoms with van der Waals surface area (Å²) in [6, 6.07) is 4.28. The fraction of sp³-hybridized carbons (Fsp3) is 0.462. The Labute approximate surface area is 118 Å². The third-order valence-electron chi connectivity index (χ3n) is 2.76. The van der Waals surface area contributed by atoms with E-state index in [4.69, 9.17) is 0 Å². The van der Waals surface area contributed by atoms with Gasteiger partial charge in [-0.1, -0.05) is 0 Å². The average molecular weight is 280 g/mol. The van der Waals surface area contributed by atoms with Crippen molar-refractivity contribution in [3.8, 4) is 0 Å². The number of nitrogens with one attached hydrogen (secondary N) is 1. The molecule has 20 heavy (non-hydrogen) atoms. The molecule has 1 aromatic carbocycles. The van der Waals surface area contributed by atoms with Gasteiger partial charge in [-0.15, -0.1) is 0 Å². The summed E-state index contributed by atoms with van der Waals surface area (Å²) in [5, 5.41) is 13.6. The smallest absolute Gasteiger partial charge is 0.270 e. The zero-order valence-electron chi connectivity index (χ0n) is 12.2. The Morgan fingerprint density at radius 2 is 1.95 bits per heavy atom. The minimum atomic E-state index is -0.504. The van der Waals surface area contributed by atoms with Crippen molar-refractivity contribution in [2.75, 3.05) is 46.2 Å². The number of nitrogens with zero attached hydrogens (tertiary/aromatic N) is 3. The molecule has 0 aliphatic carbocycles. The van der Waals surface area contributed by atoms with Crippen LogP contribution >= 0.6 is 0 Å². The predicted molar refractivity (Wildman–Crippen MR) is 78.3 cm³/mol. The predicted octanol–water partition coefficient (Wildman–Crippen LogP) is 0.952. The lowest BCUT2D eigenvalue weighted by Gasteiger charge is -2.17. The number of likely N-dealkylation sites (N-methyl/N-ethyl adjacent to an activating group) is 1. The van der Waals surface area contributed by atoms with Crippen LogP contribution in [-0.4, -0.2) is 57.0 Å². The highest BCUT2D eigenvalue weighted by Gasteiger charge is 2.17. The summed E-state index contributed by atoms with van der Waals surface area (Å²) in [7, 11) is 7.39. The summed E-state index contributed by atoms with van der Waals surface area (Å²) in [5.74, 6) is -0.306. The molecule has 0 unspecified atom stereocenters. The van der Waals surface area contributed by atoms with Crippen LogP contribution in [0.25, 0.3) is 0 Å². The Morgan fingerprint density at radius 1 is 1.30 bits per heavy atom. The Balaban J connectivity index is 2.97. The van der Waals surface area contributed by atoms with Gasteiger partial charge in [-0.3, -0.25) is 14.9 Å². The second-order valence-electron chi connectivity index (χ2n) is 4.91. The van der Waals surface area contributed by atoms with Gasteiger partial charge in [0.2, 0.25) is 0 Å². The van der Waals surface area contributed by atoms with E-state index in [1.165, 1.54) is 12.1 Å². The number of amides is 1. The first-order valence-corrected chi connectivity index (χ1v) is 6.21. The normalized spacial score (nSPS) is 10.4.